The normalized spacial score (nSPS) is 11.6. The minimum atomic E-state index is -0.673. The number of amides is 2. The number of hydrogen-bond acceptors (Lipinski definition) is 3. The molecule has 0 aliphatic carbocycles. The van der Waals surface area contributed by atoms with Gasteiger partial charge in [0.25, 0.3) is 0 Å². The number of nitrogens with zero attached hydrogens (tertiary/aromatic N) is 1. The van der Waals surface area contributed by atoms with Crippen molar-refractivity contribution in [2.45, 2.75) is 39.3 Å². The highest BCUT2D eigenvalue weighted by Crippen LogP contribution is 2.17. The fourth-order valence-electron chi connectivity index (χ4n) is 2.81. The summed E-state index contributed by atoms with van der Waals surface area (Å²) in [5.74, 6) is -0.248. The monoisotopic (exact) mass is 386 g/mol. The summed E-state index contributed by atoms with van der Waals surface area (Å²) in [6.45, 7) is 4.44. The molecule has 2 amide bonds. The van der Waals surface area contributed by atoms with Crippen LogP contribution in [0.5, 0.6) is 5.75 Å². The molecule has 0 saturated carbocycles. The van der Waals surface area contributed by atoms with Crippen LogP contribution in [0.15, 0.2) is 48.5 Å². The first kappa shape index (κ1) is 21.4. The molecule has 2 aromatic rings. The van der Waals surface area contributed by atoms with E-state index in [2.05, 4.69) is 5.32 Å². The van der Waals surface area contributed by atoms with Crippen LogP contribution in [-0.2, 0) is 22.6 Å². The minimum Gasteiger partial charge on any atom is -0.497 e. The number of hydrogen-bond donors (Lipinski definition) is 1. The first-order valence-corrected chi connectivity index (χ1v) is 9.39. The maximum Gasteiger partial charge on any atom is 0.242 e. The second-order valence-corrected chi connectivity index (χ2v) is 6.60. The van der Waals surface area contributed by atoms with E-state index in [1.807, 2.05) is 19.1 Å². The number of benzene rings is 2. The average Bonchev–Trinajstić information content (AvgIpc) is 2.71. The van der Waals surface area contributed by atoms with E-state index >= 15 is 0 Å². The second-order valence-electron chi connectivity index (χ2n) is 6.60. The van der Waals surface area contributed by atoms with E-state index in [9.17, 15) is 14.0 Å². The second kappa shape index (κ2) is 10.4. The lowest BCUT2D eigenvalue weighted by Crippen LogP contribution is -2.48. The van der Waals surface area contributed by atoms with Crippen LogP contribution < -0.4 is 10.1 Å². The van der Waals surface area contributed by atoms with Gasteiger partial charge in [-0.25, -0.2) is 4.39 Å². The Hall–Kier alpha value is -2.89. The Labute approximate surface area is 165 Å². The highest BCUT2D eigenvalue weighted by Gasteiger charge is 2.26. The molecule has 150 valence electrons. The lowest BCUT2D eigenvalue weighted by atomic mass is 10.1. The van der Waals surface area contributed by atoms with Crippen LogP contribution in [0.4, 0.5) is 4.39 Å². The van der Waals surface area contributed by atoms with Crippen molar-refractivity contribution in [3.8, 4) is 5.75 Å². The van der Waals surface area contributed by atoms with Gasteiger partial charge < -0.3 is 15.0 Å². The van der Waals surface area contributed by atoms with Gasteiger partial charge >= 0.3 is 0 Å². The third-order valence-electron chi connectivity index (χ3n) is 4.53. The van der Waals surface area contributed by atoms with Crippen LogP contribution in [0.1, 0.15) is 31.4 Å². The summed E-state index contributed by atoms with van der Waals surface area (Å²) in [5, 5.41) is 2.82. The van der Waals surface area contributed by atoms with Crippen LogP contribution in [0, 0.1) is 5.82 Å². The molecule has 1 N–H and O–H groups in total. The van der Waals surface area contributed by atoms with Crippen LogP contribution in [0.2, 0.25) is 0 Å². The Balaban J connectivity index is 2.22. The molecular formula is C22H27FN2O3. The Morgan fingerprint density at radius 2 is 1.82 bits per heavy atom. The number of carbonyl (C=O) groups excluding carboxylic acids is 2. The molecule has 0 heterocycles. The minimum absolute atomic E-state index is 0.103. The van der Waals surface area contributed by atoms with Gasteiger partial charge in [0.1, 0.15) is 17.6 Å². The Morgan fingerprint density at radius 1 is 1.14 bits per heavy atom. The molecule has 6 heteroatoms. The lowest BCUT2D eigenvalue weighted by molar-refractivity contribution is -0.140. The molecule has 1 atom stereocenters. The van der Waals surface area contributed by atoms with Gasteiger partial charge in [0.05, 0.1) is 13.5 Å². The molecule has 0 fully saturated rings. The van der Waals surface area contributed by atoms with E-state index in [0.29, 0.717) is 17.9 Å². The summed E-state index contributed by atoms with van der Waals surface area (Å²) in [6, 6.07) is 12.8. The van der Waals surface area contributed by atoms with Crippen LogP contribution in [0.3, 0.4) is 0 Å². The van der Waals surface area contributed by atoms with E-state index in [-0.39, 0.29) is 24.8 Å². The third-order valence-corrected chi connectivity index (χ3v) is 4.53. The van der Waals surface area contributed by atoms with Crippen molar-refractivity contribution in [1.82, 2.24) is 10.2 Å². The van der Waals surface area contributed by atoms with Gasteiger partial charge in [-0.3, -0.25) is 9.59 Å². The molecule has 0 bridgehead atoms. The van der Waals surface area contributed by atoms with Gasteiger partial charge in [-0.1, -0.05) is 37.3 Å². The molecule has 0 radical (unpaired) electrons. The van der Waals surface area contributed by atoms with Gasteiger partial charge in [0, 0.05) is 13.1 Å². The number of ether oxygens (including phenoxy) is 1. The highest BCUT2D eigenvalue weighted by molar-refractivity contribution is 5.88. The molecule has 5 nitrogen and oxygen atoms in total. The Kier molecular flexibility index (Phi) is 7.99. The van der Waals surface area contributed by atoms with Crippen molar-refractivity contribution in [2.24, 2.45) is 0 Å². The quantitative estimate of drug-likeness (QED) is 0.719. The van der Waals surface area contributed by atoms with E-state index in [0.717, 1.165) is 12.0 Å². The zero-order valence-corrected chi connectivity index (χ0v) is 16.6. The summed E-state index contributed by atoms with van der Waals surface area (Å²) < 4.78 is 19.1. The van der Waals surface area contributed by atoms with Crippen molar-refractivity contribution in [3.05, 3.63) is 65.5 Å². The first-order valence-electron chi connectivity index (χ1n) is 9.39. The SMILES string of the molecule is CCCNC(=O)C(C)N(Cc1ccc(OC)cc1)C(=O)Cc1ccccc1F. The third kappa shape index (κ3) is 5.81. The molecule has 0 saturated heterocycles. The number of halogens is 1. The fraction of sp³-hybridized carbons (Fsp3) is 0.364. The fourth-order valence-corrected chi connectivity index (χ4v) is 2.81. The number of rotatable bonds is 9. The molecular weight excluding hydrogens is 359 g/mol. The average molecular weight is 386 g/mol. The topological polar surface area (TPSA) is 58.6 Å². The van der Waals surface area contributed by atoms with Crippen molar-refractivity contribution in [1.29, 1.82) is 0 Å². The molecule has 0 aromatic heterocycles. The van der Waals surface area contributed by atoms with Gasteiger partial charge in [-0.05, 0) is 42.7 Å². The molecule has 1 unspecified atom stereocenters. The predicted molar refractivity (Wildman–Crippen MR) is 106 cm³/mol. The molecule has 28 heavy (non-hydrogen) atoms. The summed E-state index contributed by atoms with van der Waals surface area (Å²) in [6.07, 6.45) is 0.703. The Bertz CT molecular complexity index is 793. The molecule has 0 aliphatic rings. The van der Waals surface area contributed by atoms with Crippen LogP contribution in [-0.4, -0.2) is 36.4 Å². The van der Waals surface area contributed by atoms with Gasteiger partial charge in [0.2, 0.25) is 11.8 Å². The van der Waals surface area contributed by atoms with Crippen LogP contribution in [0.25, 0.3) is 0 Å². The summed E-state index contributed by atoms with van der Waals surface area (Å²) in [4.78, 5) is 26.9. The zero-order chi connectivity index (χ0) is 20.5. The van der Waals surface area contributed by atoms with Crippen molar-refractivity contribution in [2.75, 3.05) is 13.7 Å². The smallest absolute Gasteiger partial charge is 0.242 e. The lowest BCUT2D eigenvalue weighted by Gasteiger charge is -2.29. The van der Waals surface area contributed by atoms with Gasteiger partial charge in [0.15, 0.2) is 0 Å². The first-order chi connectivity index (χ1) is 13.5. The van der Waals surface area contributed by atoms with Crippen molar-refractivity contribution >= 4 is 11.8 Å². The van der Waals surface area contributed by atoms with Crippen LogP contribution >= 0.6 is 0 Å². The predicted octanol–water partition coefficient (Wildman–Crippen LogP) is 3.32. The maximum absolute atomic E-state index is 14.0. The summed E-state index contributed by atoms with van der Waals surface area (Å²) in [5.41, 5.74) is 1.17. The van der Waals surface area contributed by atoms with Crippen molar-refractivity contribution in [3.63, 3.8) is 0 Å². The number of methoxy groups -OCH3 is 1. The molecule has 0 spiro atoms. The number of carbonyl (C=O) groups is 2. The maximum atomic E-state index is 14.0. The zero-order valence-electron chi connectivity index (χ0n) is 16.6. The van der Waals surface area contributed by atoms with E-state index in [1.165, 1.54) is 11.0 Å². The van der Waals surface area contributed by atoms with Gasteiger partial charge in [-0.15, -0.1) is 0 Å². The molecule has 0 aliphatic heterocycles. The van der Waals surface area contributed by atoms with E-state index in [1.54, 1.807) is 44.4 Å². The van der Waals surface area contributed by atoms with E-state index < -0.39 is 11.9 Å². The highest BCUT2D eigenvalue weighted by atomic mass is 19.1. The standard InChI is InChI=1S/C22H27FN2O3/c1-4-13-24-22(27)16(2)25(15-17-9-11-19(28-3)12-10-17)21(26)14-18-7-5-6-8-20(18)23/h5-12,16H,4,13-15H2,1-3H3,(H,24,27). The van der Waals surface area contributed by atoms with Crippen molar-refractivity contribution < 1.29 is 18.7 Å². The summed E-state index contributed by atoms with van der Waals surface area (Å²) in [7, 11) is 1.58. The molecule has 2 rings (SSSR count). The molecule has 2 aromatic carbocycles. The van der Waals surface area contributed by atoms with Gasteiger partial charge in [-0.2, -0.15) is 0 Å². The Morgan fingerprint density at radius 3 is 2.43 bits per heavy atom. The van der Waals surface area contributed by atoms with E-state index in [4.69, 9.17) is 4.74 Å². The number of nitrogens with one attached hydrogen (secondary N) is 1. The summed E-state index contributed by atoms with van der Waals surface area (Å²) >= 11 is 0. The largest absolute Gasteiger partial charge is 0.497 e.